The molecule has 2 aromatic heterocycles. The van der Waals surface area contributed by atoms with Gasteiger partial charge in [-0.2, -0.15) is 0 Å². The first-order chi connectivity index (χ1) is 16.7. The summed E-state index contributed by atoms with van der Waals surface area (Å²) in [7, 11) is 0. The molecule has 0 saturated carbocycles. The van der Waals surface area contributed by atoms with Gasteiger partial charge in [0.1, 0.15) is 11.1 Å². The topological polar surface area (TPSA) is 66.5 Å². The Labute approximate surface area is 199 Å². The number of hydrogen-bond acceptors (Lipinski definition) is 6. The van der Waals surface area contributed by atoms with Crippen molar-refractivity contribution in [2.24, 2.45) is 0 Å². The molecule has 3 heterocycles. The molecular formula is C27H20N2O4S. The quantitative estimate of drug-likeness (QED) is 0.230. The highest BCUT2D eigenvalue weighted by Crippen LogP contribution is 2.33. The van der Waals surface area contributed by atoms with Gasteiger partial charge >= 0.3 is 0 Å². The van der Waals surface area contributed by atoms with E-state index >= 15 is 0 Å². The predicted molar refractivity (Wildman–Crippen MR) is 134 cm³/mol. The molecule has 3 aromatic carbocycles. The van der Waals surface area contributed by atoms with Crippen molar-refractivity contribution in [3.05, 3.63) is 100 Å². The van der Waals surface area contributed by atoms with Crippen molar-refractivity contribution in [2.75, 3.05) is 6.79 Å². The van der Waals surface area contributed by atoms with Gasteiger partial charge < -0.3 is 13.9 Å². The summed E-state index contributed by atoms with van der Waals surface area (Å²) >= 11 is 1.53. The van der Waals surface area contributed by atoms with E-state index < -0.39 is 0 Å². The SMILES string of the molecule is C=Cc1ccc(CSc2nc3c(oc4ccccc43)c(=O)n2Cc2ccc3c(c2)OCO3)cc1. The van der Waals surface area contributed by atoms with Gasteiger partial charge in [0.15, 0.2) is 16.7 Å². The molecular weight excluding hydrogens is 448 g/mol. The number of ether oxygens (including phenoxy) is 2. The van der Waals surface area contributed by atoms with Gasteiger partial charge in [-0.1, -0.05) is 66.9 Å². The molecule has 0 bridgehead atoms. The van der Waals surface area contributed by atoms with Gasteiger partial charge in [0.25, 0.3) is 5.56 Å². The molecule has 0 radical (unpaired) electrons. The summed E-state index contributed by atoms with van der Waals surface area (Å²) in [6.45, 7) is 4.35. The second-order valence-corrected chi connectivity index (χ2v) is 8.93. The Morgan fingerprint density at radius 2 is 1.79 bits per heavy atom. The Morgan fingerprint density at radius 1 is 1.00 bits per heavy atom. The van der Waals surface area contributed by atoms with Crippen molar-refractivity contribution in [1.29, 1.82) is 0 Å². The maximum Gasteiger partial charge on any atom is 0.298 e. The number of nitrogens with zero attached hydrogens (tertiary/aromatic N) is 2. The minimum Gasteiger partial charge on any atom is -0.454 e. The molecule has 6 rings (SSSR count). The van der Waals surface area contributed by atoms with E-state index in [0.29, 0.717) is 40.1 Å². The van der Waals surface area contributed by atoms with Crippen LogP contribution in [-0.4, -0.2) is 16.3 Å². The van der Waals surface area contributed by atoms with E-state index in [9.17, 15) is 4.79 Å². The van der Waals surface area contributed by atoms with Crippen LogP contribution in [-0.2, 0) is 12.3 Å². The molecule has 0 fully saturated rings. The Balaban J connectivity index is 1.43. The third-order valence-electron chi connectivity index (χ3n) is 5.81. The Hall–Kier alpha value is -3.97. The van der Waals surface area contributed by atoms with Gasteiger partial charge in [0.05, 0.1) is 6.54 Å². The van der Waals surface area contributed by atoms with E-state index in [2.05, 4.69) is 18.7 Å². The van der Waals surface area contributed by atoms with Gasteiger partial charge in [0.2, 0.25) is 12.4 Å². The lowest BCUT2D eigenvalue weighted by molar-refractivity contribution is 0.174. The van der Waals surface area contributed by atoms with Gasteiger partial charge in [-0.3, -0.25) is 9.36 Å². The van der Waals surface area contributed by atoms with Crippen LogP contribution >= 0.6 is 11.8 Å². The number of benzene rings is 3. The highest BCUT2D eigenvalue weighted by atomic mass is 32.2. The third kappa shape index (κ3) is 3.64. The monoisotopic (exact) mass is 468 g/mol. The van der Waals surface area contributed by atoms with Gasteiger partial charge in [0, 0.05) is 11.1 Å². The Morgan fingerprint density at radius 3 is 2.65 bits per heavy atom. The first-order valence-corrected chi connectivity index (χ1v) is 11.8. The van der Waals surface area contributed by atoms with Crippen molar-refractivity contribution in [2.45, 2.75) is 17.5 Å². The Bertz CT molecular complexity index is 1600. The summed E-state index contributed by atoms with van der Waals surface area (Å²) in [5, 5.41) is 1.47. The van der Waals surface area contributed by atoms with Gasteiger partial charge in [-0.05, 0) is 41.0 Å². The summed E-state index contributed by atoms with van der Waals surface area (Å²) in [5.41, 5.74) is 4.42. The zero-order valence-electron chi connectivity index (χ0n) is 18.2. The lowest BCUT2D eigenvalue weighted by Gasteiger charge is -2.12. The molecule has 0 unspecified atom stereocenters. The van der Waals surface area contributed by atoms with E-state index in [0.717, 1.165) is 22.1 Å². The predicted octanol–water partition coefficient (Wildman–Crippen LogP) is 5.86. The van der Waals surface area contributed by atoms with Gasteiger partial charge in [-0.25, -0.2) is 4.98 Å². The molecule has 0 amide bonds. The molecule has 34 heavy (non-hydrogen) atoms. The average Bonchev–Trinajstić information content (AvgIpc) is 3.49. The number of rotatable bonds is 6. The maximum atomic E-state index is 13.6. The fourth-order valence-electron chi connectivity index (χ4n) is 4.02. The molecule has 0 N–H and O–H groups in total. The van der Waals surface area contributed by atoms with Crippen LogP contribution < -0.4 is 15.0 Å². The summed E-state index contributed by atoms with van der Waals surface area (Å²) in [6.07, 6.45) is 1.82. The van der Waals surface area contributed by atoms with E-state index in [1.54, 1.807) is 4.57 Å². The summed E-state index contributed by atoms with van der Waals surface area (Å²) in [6, 6.07) is 21.5. The van der Waals surface area contributed by atoms with Crippen molar-refractivity contribution >= 4 is 39.9 Å². The number of hydrogen-bond donors (Lipinski definition) is 0. The maximum absolute atomic E-state index is 13.6. The fraction of sp³-hybridized carbons (Fsp3) is 0.111. The summed E-state index contributed by atoms with van der Waals surface area (Å²) in [4.78, 5) is 18.5. The number of para-hydroxylation sites is 1. The number of aromatic nitrogens is 2. The minimum absolute atomic E-state index is 0.205. The van der Waals surface area contributed by atoms with E-state index in [4.69, 9.17) is 18.9 Å². The second-order valence-electron chi connectivity index (χ2n) is 7.98. The molecule has 6 nitrogen and oxygen atoms in total. The standard InChI is InChI=1S/C27H20N2O4S/c1-2-17-7-9-18(10-8-17)15-34-27-28-24-20-5-3-4-6-21(20)33-25(24)26(30)29(27)14-19-11-12-22-23(13-19)32-16-31-22/h2-13H,1,14-16H2. The molecule has 0 aliphatic carbocycles. The summed E-state index contributed by atoms with van der Waals surface area (Å²) < 4.78 is 18.5. The van der Waals surface area contributed by atoms with Crippen LogP contribution in [0.2, 0.25) is 0 Å². The van der Waals surface area contributed by atoms with E-state index in [1.165, 1.54) is 11.8 Å². The lowest BCUT2D eigenvalue weighted by Crippen LogP contribution is -2.23. The molecule has 7 heteroatoms. The van der Waals surface area contributed by atoms with Crippen LogP contribution in [0.25, 0.3) is 28.1 Å². The number of thioether (sulfide) groups is 1. The highest BCUT2D eigenvalue weighted by Gasteiger charge is 2.19. The van der Waals surface area contributed by atoms with Crippen LogP contribution in [0.5, 0.6) is 11.5 Å². The zero-order chi connectivity index (χ0) is 23.1. The van der Waals surface area contributed by atoms with Crippen LogP contribution in [0.15, 0.2) is 87.7 Å². The molecule has 0 saturated heterocycles. The Kier molecular flexibility index (Phi) is 5.11. The van der Waals surface area contributed by atoms with E-state index in [1.807, 2.05) is 60.7 Å². The van der Waals surface area contributed by atoms with Crippen LogP contribution in [0.3, 0.4) is 0 Å². The van der Waals surface area contributed by atoms with Crippen LogP contribution in [0, 0.1) is 0 Å². The normalized spacial score (nSPS) is 12.5. The third-order valence-corrected chi connectivity index (χ3v) is 6.86. The molecule has 1 aliphatic rings. The van der Waals surface area contributed by atoms with Gasteiger partial charge in [-0.15, -0.1) is 0 Å². The minimum atomic E-state index is -0.205. The van der Waals surface area contributed by atoms with Crippen molar-refractivity contribution < 1.29 is 13.9 Å². The lowest BCUT2D eigenvalue weighted by atomic mass is 10.1. The van der Waals surface area contributed by atoms with E-state index in [-0.39, 0.29) is 17.9 Å². The zero-order valence-corrected chi connectivity index (χ0v) is 19.0. The summed E-state index contributed by atoms with van der Waals surface area (Å²) in [5.74, 6) is 2.06. The highest BCUT2D eigenvalue weighted by molar-refractivity contribution is 7.98. The number of furan rings is 1. The second kappa shape index (κ2) is 8.43. The number of fused-ring (bicyclic) bond motifs is 4. The van der Waals surface area contributed by atoms with Crippen LogP contribution in [0.4, 0.5) is 0 Å². The molecule has 168 valence electrons. The fourth-order valence-corrected chi connectivity index (χ4v) is 4.97. The first-order valence-electron chi connectivity index (χ1n) is 10.8. The molecule has 0 spiro atoms. The van der Waals surface area contributed by atoms with Crippen molar-refractivity contribution in [3.8, 4) is 11.5 Å². The largest absolute Gasteiger partial charge is 0.454 e. The smallest absolute Gasteiger partial charge is 0.298 e. The van der Waals surface area contributed by atoms with Crippen molar-refractivity contribution in [1.82, 2.24) is 9.55 Å². The average molecular weight is 469 g/mol. The van der Waals surface area contributed by atoms with Crippen molar-refractivity contribution in [3.63, 3.8) is 0 Å². The molecule has 0 atom stereocenters. The molecule has 1 aliphatic heterocycles. The first kappa shape index (κ1) is 20.6. The molecule has 5 aromatic rings. The van der Waals surface area contributed by atoms with Crippen LogP contribution in [0.1, 0.15) is 16.7 Å².